The van der Waals surface area contributed by atoms with Crippen molar-refractivity contribution >= 4 is 75.0 Å². The van der Waals surface area contributed by atoms with Crippen LogP contribution in [0, 0.1) is 0 Å². The summed E-state index contributed by atoms with van der Waals surface area (Å²) in [4.78, 5) is 20.5. The normalized spacial score (nSPS) is 11.8. The molecule has 11 aromatic rings. The quantitative estimate of drug-likeness (QED) is 0.178. The summed E-state index contributed by atoms with van der Waals surface area (Å²) in [5.74, 6) is 1.88. The van der Waals surface area contributed by atoms with Crippen LogP contribution in [0.3, 0.4) is 0 Å². The minimum Gasteiger partial charge on any atom is -0.455 e. The molecule has 0 bridgehead atoms. The molecule has 7 heteroatoms. The maximum absolute atomic E-state index is 6.36. The Labute approximate surface area is 311 Å². The van der Waals surface area contributed by atoms with Gasteiger partial charge in [0.1, 0.15) is 16.2 Å². The van der Waals surface area contributed by atoms with Gasteiger partial charge >= 0.3 is 0 Å². The molecular formula is C46H26N4OS2. The highest BCUT2D eigenvalue weighted by Gasteiger charge is 2.20. The van der Waals surface area contributed by atoms with Gasteiger partial charge in [0.25, 0.3) is 0 Å². The molecule has 0 unspecified atom stereocenters. The zero-order valence-corrected chi connectivity index (χ0v) is 29.7. The molecule has 0 saturated heterocycles. The van der Waals surface area contributed by atoms with Gasteiger partial charge in [0, 0.05) is 58.8 Å². The van der Waals surface area contributed by atoms with Gasteiger partial charge in [0.2, 0.25) is 0 Å². The van der Waals surface area contributed by atoms with E-state index in [1.54, 1.807) is 22.7 Å². The number of rotatable bonds is 5. The van der Waals surface area contributed by atoms with Gasteiger partial charge in [-0.1, -0.05) is 127 Å². The molecule has 5 nitrogen and oxygen atoms in total. The molecule has 4 heterocycles. The van der Waals surface area contributed by atoms with Crippen molar-refractivity contribution in [2.75, 3.05) is 0 Å². The molecule has 248 valence electrons. The lowest BCUT2D eigenvalue weighted by Gasteiger charge is -2.11. The molecule has 0 N–H and O–H groups in total. The molecule has 0 amide bonds. The Kier molecular flexibility index (Phi) is 6.83. The Bertz CT molecular complexity index is 3150. The van der Waals surface area contributed by atoms with Crippen LogP contribution < -0.4 is 0 Å². The number of aromatic nitrogens is 4. The third-order valence-electron chi connectivity index (χ3n) is 9.81. The van der Waals surface area contributed by atoms with Crippen molar-refractivity contribution in [2.24, 2.45) is 0 Å². The van der Waals surface area contributed by atoms with Crippen LogP contribution in [0.2, 0.25) is 0 Å². The van der Waals surface area contributed by atoms with Crippen LogP contribution in [0.5, 0.6) is 0 Å². The summed E-state index contributed by atoms with van der Waals surface area (Å²) in [6.45, 7) is 0. The fourth-order valence-corrected chi connectivity index (χ4v) is 9.49. The monoisotopic (exact) mass is 714 g/mol. The fraction of sp³-hybridized carbons (Fsp3) is 0. The number of thiophene rings is 1. The first-order valence-corrected chi connectivity index (χ1v) is 19.0. The third-order valence-corrected chi connectivity index (χ3v) is 12.0. The van der Waals surface area contributed by atoms with E-state index in [4.69, 9.17) is 24.4 Å². The first kappa shape index (κ1) is 30.1. The highest BCUT2D eigenvalue weighted by molar-refractivity contribution is 7.26. The lowest BCUT2D eigenvalue weighted by molar-refractivity contribution is 0.670. The van der Waals surface area contributed by atoms with Crippen molar-refractivity contribution in [1.82, 2.24) is 19.9 Å². The molecule has 11 rings (SSSR count). The maximum Gasteiger partial charge on any atom is 0.164 e. The van der Waals surface area contributed by atoms with E-state index in [1.165, 1.54) is 19.5 Å². The van der Waals surface area contributed by atoms with E-state index < -0.39 is 0 Å². The molecule has 0 aliphatic carbocycles. The zero-order chi connectivity index (χ0) is 34.9. The molecule has 7 aromatic carbocycles. The van der Waals surface area contributed by atoms with Crippen LogP contribution in [0.1, 0.15) is 0 Å². The van der Waals surface area contributed by atoms with Gasteiger partial charge in [0.05, 0.1) is 10.2 Å². The second kappa shape index (κ2) is 12.0. The van der Waals surface area contributed by atoms with Gasteiger partial charge in [-0.3, -0.25) is 0 Å². The maximum atomic E-state index is 6.36. The molecule has 0 saturated carbocycles. The highest BCUT2D eigenvalue weighted by Crippen LogP contribution is 2.45. The molecule has 0 atom stereocenters. The SMILES string of the molecule is c1ccc(-c2nc(-c3ccc(-c4cccc5c4oc4ccccc45)cc3)nc(-c3cccc4sc5cccc(-c6nc7ccccc7s6)c5c34)n2)cc1. The first-order chi connectivity index (χ1) is 26.2. The predicted octanol–water partition coefficient (Wildman–Crippen LogP) is 13.1. The fourth-order valence-electron chi connectivity index (χ4n) is 7.33. The first-order valence-electron chi connectivity index (χ1n) is 17.4. The van der Waals surface area contributed by atoms with Crippen molar-refractivity contribution in [3.05, 3.63) is 158 Å². The predicted molar refractivity (Wildman–Crippen MR) is 220 cm³/mol. The molecule has 0 aliphatic rings. The van der Waals surface area contributed by atoms with Gasteiger partial charge in [-0.2, -0.15) is 0 Å². The molecular weight excluding hydrogens is 689 g/mol. The summed E-state index contributed by atoms with van der Waals surface area (Å²) in [5, 5.41) is 5.54. The summed E-state index contributed by atoms with van der Waals surface area (Å²) in [7, 11) is 0. The lowest BCUT2D eigenvalue weighted by atomic mass is 10.0. The average molecular weight is 715 g/mol. The number of hydrogen-bond acceptors (Lipinski definition) is 7. The second-order valence-corrected chi connectivity index (χ2v) is 15.1. The van der Waals surface area contributed by atoms with E-state index in [-0.39, 0.29) is 0 Å². The van der Waals surface area contributed by atoms with E-state index in [0.717, 1.165) is 71.2 Å². The number of thiazole rings is 1. The van der Waals surface area contributed by atoms with Crippen molar-refractivity contribution in [2.45, 2.75) is 0 Å². The molecule has 53 heavy (non-hydrogen) atoms. The molecule has 4 aromatic heterocycles. The van der Waals surface area contributed by atoms with Crippen molar-refractivity contribution in [3.8, 4) is 55.9 Å². The van der Waals surface area contributed by atoms with E-state index in [2.05, 4.69) is 103 Å². The van der Waals surface area contributed by atoms with Crippen LogP contribution in [-0.4, -0.2) is 19.9 Å². The molecule has 0 aliphatic heterocycles. The number of nitrogens with zero attached hydrogens (tertiary/aromatic N) is 4. The van der Waals surface area contributed by atoms with E-state index >= 15 is 0 Å². The Morgan fingerprint density at radius 3 is 1.77 bits per heavy atom. The van der Waals surface area contributed by atoms with Gasteiger partial charge in [-0.15, -0.1) is 22.7 Å². The average Bonchev–Trinajstić information content (AvgIpc) is 3.94. The number of benzene rings is 7. The number of fused-ring (bicyclic) bond motifs is 7. The standard InChI is InChI=1S/C46H26N4OS2/c1-2-11-28(12-3-1)43-48-44(29-25-23-27(24-26-29)30-14-8-15-32-31-13-4-6-19-36(31)51-42(30)32)50-45(49-43)33-16-9-21-38-40(33)41-34(17-10-22-39(41)52-38)46-47-35-18-5-7-20-37(35)53-46/h1-26H. The lowest BCUT2D eigenvalue weighted by Crippen LogP contribution is -2.00. The van der Waals surface area contributed by atoms with Gasteiger partial charge in [-0.25, -0.2) is 19.9 Å². The van der Waals surface area contributed by atoms with Crippen molar-refractivity contribution in [1.29, 1.82) is 0 Å². The van der Waals surface area contributed by atoms with Crippen molar-refractivity contribution < 1.29 is 4.42 Å². The van der Waals surface area contributed by atoms with Crippen LogP contribution in [-0.2, 0) is 0 Å². The summed E-state index contributed by atoms with van der Waals surface area (Å²) >= 11 is 3.51. The van der Waals surface area contributed by atoms with Crippen LogP contribution in [0.15, 0.2) is 162 Å². The van der Waals surface area contributed by atoms with E-state index in [9.17, 15) is 0 Å². The van der Waals surface area contributed by atoms with Gasteiger partial charge < -0.3 is 4.42 Å². The van der Waals surface area contributed by atoms with Gasteiger partial charge in [-0.05, 0) is 35.9 Å². The number of furan rings is 1. The minimum absolute atomic E-state index is 0.616. The Morgan fingerprint density at radius 1 is 0.377 bits per heavy atom. The summed E-state index contributed by atoms with van der Waals surface area (Å²) in [5.41, 5.74) is 8.83. The summed E-state index contributed by atoms with van der Waals surface area (Å²) < 4.78 is 9.92. The Morgan fingerprint density at radius 2 is 0.962 bits per heavy atom. The molecule has 0 spiro atoms. The van der Waals surface area contributed by atoms with E-state index in [0.29, 0.717) is 17.5 Å². The smallest absolute Gasteiger partial charge is 0.164 e. The topological polar surface area (TPSA) is 64.7 Å². The highest BCUT2D eigenvalue weighted by atomic mass is 32.1. The third kappa shape index (κ3) is 4.97. The van der Waals surface area contributed by atoms with E-state index in [1.807, 2.05) is 54.6 Å². The number of hydrogen-bond donors (Lipinski definition) is 0. The number of para-hydroxylation sites is 3. The van der Waals surface area contributed by atoms with Crippen molar-refractivity contribution in [3.63, 3.8) is 0 Å². The van der Waals surface area contributed by atoms with Crippen LogP contribution in [0.25, 0.3) is 108 Å². The Balaban J connectivity index is 1.09. The minimum atomic E-state index is 0.616. The summed E-state index contributed by atoms with van der Waals surface area (Å²) in [6.07, 6.45) is 0. The summed E-state index contributed by atoms with van der Waals surface area (Å²) in [6, 6.07) is 54.4. The largest absolute Gasteiger partial charge is 0.455 e. The van der Waals surface area contributed by atoms with Crippen LogP contribution in [0.4, 0.5) is 0 Å². The van der Waals surface area contributed by atoms with Crippen LogP contribution >= 0.6 is 22.7 Å². The molecule has 0 fully saturated rings. The molecule has 0 radical (unpaired) electrons. The zero-order valence-electron chi connectivity index (χ0n) is 28.0. The van der Waals surface area contributed by atoms with Gasteiger partial charge in [0.15, 0.2) is 17.5 Å². The second-order valence-electron chi connectivity index (χ2n) is 13.0. The Hall–Kier alpha value is -6.54.